The Morgan fingerprint density at radius 1 is 0.273 bits per heavy atom. The van der Waals surface area contributed by atoms with Gasteiger partial charge in [-0.15, -0.1) is 0 Å². The van der Waals surface area contributed by atoms with Gasteiger partial charge in [0.25, 0.3) is 0 Å². The first kappa shape index (κ1) is 24.7. The van der Waals surface area contributed by atoms with Gasteiger partial charge in [-0.1, -0.05) is 109 Å². The first-order valence-corrected chi connectivity index (χ1v) is 14.9. The monoisotopic (exact) mass is 562 g/mol. The fourth-order valence-electron chi connectivity index (χ4n) is 6.60. The van der Waals surface area contributed by atoms with Crippen LogP contribution in [0.2, 0.25) is 0 Å². The normalized spacial score (nSPS) is 11.6. The molecule has 2 heterocycles. The van der Waals surface area contributed by atoms with Gasteiger partial charge in [-0.2, -0.15) is 0 Å². The van der Waals surface area contributed by atoms with Crippen LogP contribution in [-0.2, 0) is 0 Å². The Morgan fingerprint density at radius 3 is 1.23 bits per heavy atom. The second-order valence-electron chi connectivity index (χ2n) is 11.3. The van der Waals surface area contributed by atoms with Gasteiger partial charge in [0.15, 0.2) is 0 Å². The van der Waals surface area contributed by atoms with Crippen molar-refractivity contribution in [1.29, 1.82) is 0 Å². The van der Waals surface area contributed by atoms with Gasteiger partial charge < -0.3 is 8.83 Å². The third-order valence-corrected chi connectivity index (χ3v) is 8.68. The van der Waals surface area contributed by atoms with Gasteiger partial charge in [0, 0.05) is 21.5 Å². The topological polar surface area (TPSA) is 26.3 Å². The number of hydrogen-bond donors (Lipinski definition) is 0. The van der Waals surface area contributed by atoms with E-state index < -0.39 is 0 Å². The van der Waals surface area contributed by atoms with E-state index in [1.807, 2.05) is 24.3 Å². The van der Waals surface area contributed by atoms with Crippen LogP contribution in [0, 0.1) is 0 Å². The minimum absolute atomic E-state index is 0.896. The summed E-state index contributed by atoms with van der Waals surface area (Å²) in [6.07, 6.45) is 0. The van der Waals surface area contributed by atoms with Crippen molar-refractivity contribution in [2.24, 2.45) is 0 Å². The van der Waals surface area contributed by atoms with Crippen LogP contribution in [0.4, 0.5) is 0 Å². The van der Waals surface area contributed by atoms with E-state index in [1.54, 1.807) is 0 Å². The first-order chi connectivity index (χ1) is 21.8. The molecule has 0 N–H and O–H groups in total. The van der Waals surface area contributed by atoms with Gasteiger partial charge in [-0.3, -0.25) is 0 Å². The molecule has 44 heavy (non-hydrogen) atoms. The van der Waals surface area contributed by atoms with E-state index in [0.29, 0.717) is 0 Å². The van der Waals surface area contributed by atoms with Crippen molar-refractivity contribution in [3.63, 3.8) is 0 Å². The molecule has 0 aliphatic rings. The van der Waals surface area contributed by atoms with Crippen molar-refractivity contribution in [3.8, 4) is 44.5 Å². The Morgan fingerprint density at radius 2 is 0.705 bits per heavy atom. The lowest BCUT2D eigenvalue weighted by atomic mass is 9.84. The SMILES string of the molecule is c1ccc(-c2cc(-c3ccc4oc5ccccc5c4c3)c(-c3ccccc3)c(-c3ccc4oc5ccccc5c4c3)c2)cc1. The lowest BCUT2D eigenvalue weighted by Crippen LogP contribution is -1.93. The average molecular weight is 563 g/mol. The second-order valence-corrected chi connectivity index (χ2v) is 11.3. The molecule has 2 heteroatoms. The van der Waals surface area contributed by atoms with E-state index in [-0.39, 0.29) is 0 Å². The molecule has 0 spiro atoms. The van der Waals surface area contributed by atoms with E-state index in [1.165, 1.54) is 33.4 Å². The molecule has 9 aromatic rings. The highest BCUT2D eigenvalue weighted by atomic mass is 16.3. The maximum atomic E-state index is 6.20. The molecule has 2 nitrogen and oxygen atoms in total. The summed E-state index contributed by atoms with van der Waals surface area (Å²) in [5, 5.41) is 4.50. The van der Waals surface area contributed by atoms with Crippen molar-refractivity contribution in [2.45, 2.75) is 0 Å². The van der Waals surface area contributed by atoms with Crippen molar-refractivity contribution in [2.75, 3.05) is 0 Å². The predicted octanol–water partition coefficient (Wildman–Crippen LogP) is 12.2. The summed E-state index contributed by atoms with van der Waals surface area (Å²) in [4.78, 5) is 0. The third kappa shape index (κ3) is 3.96. The smallest absolute Gasteiger partial charge is 0.135 e. The summed E-state index contributed by atoms with van der Waals surface area (Å²) in [7, 11) is 0. The fraction of sp³-hybridized carbons (Fsp3) is 0. The van der Waals surface area contributed by atoms with Crippen molar-refractivity contribution in [3.05, 3.63) is 158 Å². The van der Waals surface area contributed by atoms with Crippen LogP contribution in [0.15, 0.2) is 167 Å². The second kappa shape index (κ2) is 9.86. The molecular weight excluding hydrogens is 536 g/mol. The quantitative estimate of drug-likeness (QED) is 0.213. The van der Waals surface area contributed by atoms with E-state index >= 15 is 0 Å². The molecule has 0 saturated carbocycles. The number of fused-ring (bicyclic) bond motifs is 6. The van der Waals surface area contributed by atoms with Crippen molar-refractivity contribution < 1.29 is 8.83 Å². The molecule has 0 unspecified atom stereocenters. The molecule has 0 aliphatic heterocycles. The molecule has 9 rings (SSSR count). The number of para-hydroxylation sites is 2. The van der Waals surface area contributed by atoms with Crippen LogP contribution in [0.3, 0.4) is 0 Å². The van der Waals surface area contributed by atoms with Crippen LogP contribution in [0.25, 0.3) is 88.4 Å². The van der Waals surface area contributed by atoms with Gasteiger partial charge in [0.2, 0.25) is 0 Å². The lowest BCUT2D eigenvalue weighted by Gasteiger charge is -2.19. The molecule has 0 atom stereocenters. The fourth-order valence-corrected chi connectivity index (χ4v) is 6.60. The molecule has 206 valence electrons. The maximum Gasteiger partial charge on any atom is 0.135 e. The van der Waals surface area contributed by atoms with Crippen LogP contribution in [0.5, 0.6) is 0 Å². The van der Waals surface area contributed by atoms with E-state index in [0.717, 1.165) is 55.0 Å². The number of rotatable bonds is 4. The predicted molar refractivity (Wildman–Crippen MR) is 183 cm³/mol. The number of benzene rings is 7. The minimum atomic E-state index is 0.896. The molecule has 0 bridgehead atoms. The minimum Gasteiger partial charge on any atom is -0.456 e. The van der Waals surface area contributed by atoms with Gasteiger partial charge in [0.05, 0.1) is 0 Å². The van der Waals surface area contributed by atoms with E-state index in [4.69, 9.17) is 8.83 Å². The Kier molecular flexibility index (Phi) is 5.54. The highest BCUT2D eigenvalue weighted by molar-refractivity contribution is 6.09. The Labute approximate surface area is 254 Å². The molecule has 0 radical (unpaired) electrons. The average Bonchev–Trinajstić information content (AvgIpc) is 3.66. The molecule has 7 aromatic carbocycles. The van der Waals surface area contributed by atoms with Crippen LogP contribution < -0.4 is 0 Å². The zero-order chi connectivity index (χ0) is 29.0. The highest BCUT2D eigenvalue weighted by Crippen LogP contribution is 2.45. The largest absolute Gasteiger partial charge is 0.456 e. The number of hydrogen-bond acceptors (Lipinski definition) is 2. The maximum absolute atomic E-state index is 6.20. The summed E-state index contributed by atoms with van der Waals surface area (Å²) in [5.41, 5.74) is 13.0. The Bertz CT molecular complexity index is 2350. The van der Waals surface area contributed by atoms with Gasteiger partial charge in [-0.05, 0) is 93.0 Å². The van der Waals surface area contributed by atoms with Gasteiger partial charge in [-0.25, -0.2) is 0 Å². The van der Waals surface area contributed by atoms with Gasteiger partial charge in [0.1, 0.15) is 22.3 Å². The Hall–Kier alpha value is -5.86. The van der Waals surface area contributed by atoms with E-state index in [9.17, 15) is 0 Å². The molecule has 2 aromatic heterocycles. The summed E-state index contributed by atoms with van der Waals surface area (Å²) >= 11 is 0. The van der Waals surface area contributed by atoms with E-state index in [2.05, 4.69) is 133 Å². The molecular formula is C42H26O2. The molecule has 0 amide bonds. The summed E-state index contributed by atoms with van der Waals surface area (Å²) < 4.78 is 12.4. The summed E-state index contributed by atoms with van der Waals surface area (Å²) in [6, 6.07) is 55.8. The van der Waals surface area contributed by atoms with Crippen molar-refractivity contribution in [1.82, 2.24) is 0 Å². The summed E-state index contributed by atoms with van der Waals surface area (Å²) in [6.45, 7) is 0. The van der Waals surface area contributed by atoms with Gasteiger partial charge >= 0.3 is 0 Å². The molecule has 0 saturated heterocycles. The first-order valence-electron chi connectivity index (χ1n) is 14.9. The summed E-state index contributed by atoms with van der Waals surface area (Å²) in [5.74, 6) is 0. The Balaban J connectivity index is 1.38. The number of furan rings is 2. The zero-order valence-electron chi connectivity index (χ0n) is 23.8. The third-order valence-electron chi connectivity index (χ3n) is 8.68. The van der Waals surface area contributed by atoms with Crippen LogP contribution >= 0.6 is 0 Å². The standard InChI is InChI=1S/C42H26O2/c1-3-11-27(12-4-1)31-25-34(29-19-21-40-36(23-29)32-15-7-9-17-38(32)43-40)42(28-13-5-2-6-14-28)35(26-31)30-20-22-41-37(24-30)33-16-8-10-18-39(33)44-41/h1-26H. The lowest BCUT2D eigenvalue weighted by molar-refractivity contribution is 0.668. The molecule has 0 fully saturated rings. The molecule has 0 aliphatic carbocycles. The van der Waals surface area contributed by atoms with Crippen molar-refractivity contribution >= 4 is 43.9 Å². The highest BCUT2D eigenvalue weighted by Gasteiger charge is 2.19. The zero-order valence-corrected chi connectivity index (χ0v) is 23.8. The van der Waals surface area contributed by atoms with Crippen LogP contribution in [-0.4, -0.2) is 0 Å². The van der Waals surface area contributed by atoms with Crippen LogP contribution in [0.1, 0.15) is 0 Å².